The Morgan fingerprint density at radius 3 is 2.86 bits per heavy atom. The number of hydrogen-bond acceptors (Lipinski definition) is 6. The number of rotatable bonds is 3. The van der Waals surface area contributed by atoms with E-state index in [1.165, 1.54) is 0 Å². The molecule has 0 aliphatic heterocycles. The van der Waals surface area contributed by atoms with E-state index in [9.17, 15) is 9.90 Å². The monoisotopic (exact) mass is 284 g/mol. The molecule has 2 aromatic heterocycles. The Hall–Kier alpha value is -3.03. The molecule has 21 heavy (non-hydrogen) atoms. The summed E-state index contributed by atoms with van der Waals surface area (Å²) in [5.41, 5.74) is -0.164. The molecule has 0 amide bonds. The number of nitrogens with zero attached hydrogens (tertiary/aromatic N) is 4. The van der Waals surface area contributed by atoms with Gasteiger partial charge in [0.25, 0.3) is 11.5 Å². The molecule has 0 aliphatic carbocycles. The number of H-pyrrole nitrogens is 2. The normalized spacial score (nSPS) is 11.5. The number of aromatic amines is 2. The second kappa shape index (κ2) is 5.16. The zero-order valence-electron chi connectivity index (χ0n) is 11.2. The van der Waals surface area contributed by atoms with Crippen molar-refractivity contribution in [3.05, 3.63) is 40.4 Å². The summed E-state index contributed by atoms with van der Waals surface area (Å²) in [4.78, 5) is 18.6. The number of azo groups is 1. The summed E-state index contributed by atoms with van der Waals surface area (Å²) in [6.45, 7) is 1.92. The number of nitrogens with one attached hydrogen (secondary N) is 2. The number of hydrogen-bond donors (Lipinski definition) is 3. The van der Waals surface area contributed by atoms with Crippen molar-refractivity contribution in [1.29, 1.82) is 0 Å². The van der Waals surface area contributed by atoms with E-state index in [1.54, 1.807) is 24.3 Å². The molecule has 0 unspecified atom stereocenters. The van der Waals surface area contributed by atoms with Gasteiger partial charge >= 0.3 is 0 Å². The van der Waals surface area contributed by atoms with Crippen LogP contribution in [0.25, 0.3) is 10.9 Å². The summed E-state index contributed by atoms with van der Waals surface area (Å²) in [7, 11) is 0. The van der Waals surface area contributed by atoms with Crippen LogP contribution in [0, 0.1) is 0 Å². The molecular formula is C13H12N6O2. The standard InChI is InChI=1S/C13H12N6O2/c1-2-9-15-13(18-16-9)19-17-10-11(20)7-5-3-4-6-8(7)14-12(10)21/h3-6H,2H2,1H3,(H2,14,20,21)(H,15,16,18). The molecule has 0 bridgehead atoms. The van der Waals surface area contributed by atoms with Crippen LogP contribution in [0.5, 0.6) is 5.75 Å². The smallest absolute Gasteiger partial charge is 0.287 e. The van der Waals surface area contributed by atoms with Crippen LogP contribution in [0.3, 0.4) is 0 Å². The summed E-state index contributed by atoms with van der Waals surface area (Å²) in [6, 6.07) is 6.89. The van der Waals surface area contributed by atoms with E-state index >= 15 is 0 Å². The van der Waals surface area contributed by atoms with Gasteiger partial charge < -0.3 is 10.1 Å². The van der Waals surface area contributed by atoms with Gasteiger partial charge in [-0.3, -0.25) is 9.89 Å². The van der Waals surface area contributed by atoms with Crippen LogP contribution in [0.1, 0.15) is 12.7 Å². The Labute approximate surface area is 118 Å². The number of aromatic hydroxyl groups is 1. The first-order valence-electron chi connectivity index (χ1n) is 6.36. The van der Waals surface area contributed by atoms with Crippen molar-refractivity contribution in [2.24, 2.45) is 10.2 Å². The van der Waals surface area contributed by atoms with Crippen LogP contribution in [-0.2, 0) is 6.42 Å². The number of fused-ring (bicyclic) bond motifs is 1. The molecule has 106 valence electrons. The summed E-state index contributed by atoms with van der Waals surface area (Å²) >= 11 is 0. The van der Waals surface area contributed by atoms with Gasteiger partial charge in [0.2, 0.25) is 0 Å². The Balaban J connectivity index is 2.06. The third kappa shape index (κ3) is 2.38. The Morgan fingerprint density at radius 2 is 2.10 bits per heavy atom. The Kier molecular flexibility index (Phi) is 3.19. The van der Waals surface area contributed by atoms with E-state index in [1.807, 2.05) is 6.92 Å². The maximum absolute atomic E-state index is 11.9. The topological polar surface area (TPSA) is 119 Å². The van der Waals surface area contributed by atoms with Crippen molar-refractivity contribution >= 4 is 22.5 Å². The highest BCUT2D eigenvalue weighted by atomic mass is 16.3. The number of benzene rings is 1. The fourth-order valence-electron chi connectivity index (χ4n) is 1.89. The molecule has 0 aliphatic rings. The number of aromatic nitrogens is 4. The molecule has 0 saturated heterocycles. The zero-order valence-corrected chi connectivity index (χ0v) is 11.2. The van der Waals surface area contributed by atoms with Crippen LogP contribution in [0.2, 0.25) is 0 Å². The van der Waals surface area contributed by atoms with Crippen molar-refractivity contribution in [2.75, 3.05) is 0 Å². The van der Waals surface area contributed by atoms with Gasteiger partial charge in [0.1, 0.15) is 5.82 Å². The molecule has 0 spiro atoms. The maximum Gasteiger partial charge on any atom is 0.287 e. The third-order valence-electron chi connectivity index (χ3n) is 2.96. The lowest BCUT2D eigenvalue weighted by atomic mass is 10.2. The molecular weight excluding hydrogens is 272 g/mol. The second-order valence-electron chi connectivity index (χ2n) is 4.33. The number of para-hydroxylation sites is 1. The molecule has 8 heteroatoms. The minimum absolute atomic E-state index is 0.110. The molecule has 3 N–H and O–H groups in total. The summed E-state index contributed by atoms with van der Waals surface area (Å²) < 4.78 is 0. The zero-order chi connectivity index (χ0) is 14.8. The first-order chi connectivity index (χ1) is 10.2. The molecule has 0 atom stereocenters. The minimum atomic E-state index is -0.527. The van der Waals surface area contributed by atoms with Gasteiger partial charge in [-0.1, -0.05) is 19.1 Å². The lowest BCUT2D eigenvalue weighted by molar-refractivity contribution is 0.481. The first kappa shape index (κ1) is 13.0. The van der Waals surface area contributed by atoms with Crippen LogP contribution >= 0.6 is 0 Å². The molecule has 1 aromatic carbocycles. The fourth-order valence-corrected chi connectivity index (χ4v) is 1.89. The lowest BCUT2D eigenvalue weighted by Gasteiger charge is -2.02. The fraction of sp³-hybridized carbons (Fsp3) is 0.154. The number of aryl methyl sites for hydroxylation is 1. The van der Waals surface area contributed by atoms with E-state index in [0.29, 0.717) is 23.1 Å². The summed E-state index contributed by atoms with van der Waals surface area (Å²) in [5.74, 6) is 0.559. The lowest BCUT2D eigenvalue weighted by Crippen LogP contribution is -2.04. The van der Waals surface area contributed by atoms with Crippen molar-refractivity contribution in [1.82, 2.24) is 20.2 Å². The van der Waals surface area contributed by atoms with E-state index in [-0.39, 0.29) is 17.4 Å². The van der Waals surface area contributed by atoms with Crippen LogP contribution in [-0.4, -0.2) is 25.3 Å². The largest absolute Gasteiger partial charge is 0.505 e. The van der Waals surface area contributed by atoms with Gasteiger partial charge in [-0.2, -0.15) is 4.98 Å². The second-order valence-corrected chi connectivity index (χ2v) is 4.33. The van der Waals surface area contributed by atoms with Crippen LogP contribution in [0.15, 0.2) is 39.3 Å². The number of pyridine rings is 1. The minimum Gasteiger partial charge on any atom is -0.505 e. The average molecular weight is 284 g/mol. The van der Waals surface area contributed by atoms with E-state index in [0.717, 1.165) is 0 Å². The first-order valence-corrected chi connectivity index (χ1v) is 6.36. The molecule has 2 heterocycles. The average Bonchev–Trinajstić information content (AvgIpc) is 2.95. The van der Waals surface area contributed by atoms with Gasteiger partial charge in [0.15, 0.2) is 11.4 Å². The van der Waals surface area contributed by atoms with E-state index in [2.05, 4.69) is 30.4 Å². The highest BCUT2D eigenvalue weighted by Gasteiger charge is 2.11. The summed E-state index contributed by atoms with van der Waals surface area (Å²) in [5, 5.41) is 24.7. The van der Waals surface area contributed by atoms with Crippen LogP contribution in [0.4, 0.5) is 11.6 Å². The molecule has 3 rings (SSSR count). The maximum atomic E-state index is 11.9. The molecule has 0 saturated carbocycles. The highest BCUT2D eigenvalue weighted by molar-refractivity contribution is 5.88. The van der Waals surface area contributed by atoms with Crippen LogP contribution < -0.4 is 5.56 Å². The van der Waals surface area contributed by atoms with Crippen molar-refractivity contribution in [2.45, 2.75) is 13.3 Å². The molecule has 3 aromatic rings. The van der Waals surface area contributed by atoms with Crippen molar-refractivity contribution in [3.8, 4) is 5.75 Å². The SMILES string of the molecule is CCc1nc(N=Nc2c(O)c3ccccc3[nH]c2=O)n[nH]1. The molecule has 0 fully saturated rings. The van der Waals surface area contributed by atoms with Gasteiger partial charge in [0.05, 0.1) is 5.52 Å². The van der Waals surface area contributed by atoms with E-state index < -0.39 is 5.56 Å². The summed E-state index contributed by atoms with van der Waals surface area (Å²) in [6.07, 6.45) is 0.685. The highest BCUT2D eigenvalue weighted by Crippen LogP contribution is 2.30. The molecule has 0 radical (unpaired) electrons. The Morgan fingerprint density at radius 1 is 1.29 bits per heavy atom. The molecule has 8 nitrogen and oxygen atoms in total. The van der Waals surface area contributed by atoms with E-state index in [4.69, 9.17) is 0 Å². The van der Waals surface area contributed by atoms with Gasteiger partial charge in [-0.15, -0.1) is 15.3 Å². The Bertz CT molecular complexity index is 880. The van der Waals surface area contributed by atoms with Crippen molar-refractivity contribution in [3.63, 3.8) is 0 Å². The van der Waals surface area contributed by atoms with Gasteiger partial charge in [-0.25, -0.2) is 0 Å². The van der Waals surface area contributed by atoms with Gasteiger partial charge in [-0.05, 0) is 12.1 Å². The predicted molar refractivity (Wildman–Crippen MR) is 76.2 cm³/mol. The van der Waals surface area contributed by atoms with Crippen molar-refractivity contribution < 1.29 is 5.11 Å². The third-order valence-corrected chi connectivity index (χ3v) is 2.96. The predicted octanol–water partition coefficient (Wildman–Crippen LogP) is 2.33. The van der Waals surface area contributed by atoms with Gasteiger partial charge in [0, 0.05) is 11.8 Å². The quantitative estimate of drug-likeness (QED) is 0.639.